The Hall–Kier alpha value is -2.10. The summed E-state index contributed by atoms with van der Waals surface area (Å²) in [6.07, 6.45) is 0.658. The predicted octanol–water partition coefficient (Wildman–Crippen LogP) is 2.91. The van der Waals surface area contributed by atoms with E-state index in [1.165, 1.54) is 6.92 Å². The molecule has 0 bridgehead atoms. The molecule has 0 fully saturated rings. The highest BCUT2D eigenvalue weighted by molar-refractivity contribution is 6.00. The van der Waals surface area contributed by atoms with E-state index in [2.05, 4.69) is 5.32 Å². The highest BCUT2D eigenvalue weighted by atomic mass is 16.2. The number of ketones is 1. The van der Waals surface area contributed by atoms with E-state index in [0.717, 1.165) is 10.9 Å². The molecule has 0 saturated heterocycles. The number of carbonyl (C=O) groups is 2. The van der Waals surface area contributed by atoms with Crippen LogP contribution in [0.15, 0.2) is 30.3 Å². The number of carbonyl (C=O) groups excluding carboxylic acids is 2. The third kappa shape index (κ3) is 3.32. The Bertz CT molecular complexity index is 670. The molecule has 1 atom stereocenters. The van der Waals surface area contributed by atoms with E-state index < -0.39 is 6.04 Å². The number of hydrogen-bond donors (Lipinski definition) is 1. The van der Waals surface area contributed by atoms with Crippen molar-refractivity contribution in [1.29, 1.82) is 0 Å². The molecule has 1 aromatic carbocycles. The van der Waals surface area contributed by atoms with Gasteiger partial charge in [-0.15, -0.1) is 0 Å². The molecule has 112 valence electrons. The van der Waals surface area contributed by atoms with E-state index in [1.54, 1.807) is 0 Å². The van der Waals surface area contributed by atoms with Gasteiger partial charge < -0.3 is 9.88 Å². The SMILES string of the molecule is CC(=O)[C@H](CC(C)C)NC(=O)c1cc2ccccc2n1C. The smallest absolute Gasteiger partial charge is 0.268 e. The van der Waals surface area contributed by atoms with Crippen LogP contribution in [-0.4, -0.2) is 22.3 Å². The summed E-state index contributed by atoms with van der Waals surface area (Å²) in [7, 11) is 1.86. The predicted molar refractivity (Wildman–Crippen MR) is 84.3 cm³/mol. The van der Waals surface area contributed by atoms with Crippen LogP contribution in [0.1, 0.15) is 37.7 Å². The lowest BCUT2D eigenvalue weighted by atomic mass is 10.0. The van der Waals surface area contributed by atoms with Gasteiger partial charge in [-0.2, -0.15) is 0 Å². The molecule has 21 heavy (non-hydrogen) atoms. The third-order valence-electron chi connectivity index (χ3n) is 3.69. The van der Waals surface area contributed by atoms with Crippen LogP contribution in [0.2, 0.25) is 0 Å². The Balaban J connectivity index is 2.25. The first kappa shape index (κ1) is 15.3. The van der Waals surface area contributed by atoms with Crippen molar-refractivity contribution in [3.05, 3.63) is 36.0 Å². The zero-order chi connectivity index (χ0) is 15.6. The van der Waals surface area contributed by atoms with Crippen LogP contribution in [0.3, 0.4) is 0 Å². The summed E-state index contributed by atoms with van der Waals surface area (Å²) in [5.74, 6) is 0.150. The number of Topliss-reactive ketones (excluding diaryl/α,β-unsaturated/α-hetero) is 1. The summed E-state index contributed by atoms with van der Waals surface area (Å²) in [5, 5.41) is 3.88. The van der Waals surface area contributed by atoms with Gasteiger partial charge in [0.25, 0.3) is 5.91 Å². The highest BCUT2D eigenvalue weighted by Gasteiger charge is 2.21. The standard InChI is InChI=1S/C17H22N2O2/c1-11(2)9-14(12(3)20)18-17(21)16-10-13-7-5-6-8-15(13)19(16)4/h5-8,10-11,14H,9H2,1-4H3,(H,18,21)/t14-/m0/s1. The second kappa shape index (κ2) is 6.12. The van der Waals surface area contributed by atoms with Crippen molar-refractivity contribution in [2.45, 2.75) is 33.2 Å². The first-order chi connectivity index (χ1) is 9.90. The molecule has 2 aromatic rings. The fourth-order valence-corrected chi connectivity index (χ4v) is 2.54. The number of nitrogens with one attached hydrogen (secondary N) is 1. The maximum absolute atomic E-state index is 12.4. The van der Waals surface area contributed by atoms with Crippen LogP contribution in [0.4, 0.5) is 0 Å². The Morgan fingerprint density at radius 2 is 1.90 bits per heavy atom. The molecular weight excluding hydrogens is 264 g/mol. The summed E-state index contributed by atoms with van der Waals surface area (Å²) >= 11 is 0. The molecule has 0 saturated carbocycles. The number of para-hydroxylation sites is 1. The molecular formula is C17H22N2O2. The van der Waals surface area contributed by atoms with Crippen molar-refractivity contribution in [2.75, 3.05) is 0 Å². The van der Waals surface area contributed by atoms with Gasteiger partial charge in [0.05, 0.1) is 6.04 Å². The second-order valence-corrected chi connectivity index (χ2v) is 5.91. The van der Waals surface area contributed by atoms with Gasteiger partial charge in [-0.25, -0.2) is 0 Å². The van der Waals surface area contributed by atoms with Crippen molar-refractivity contribution in [2.24, 2.45) is 13.0 Å². The van der Waals surface area contributed by atoms with Crippen LogP contribution >= 0.6 is 0 Å². The number of amides is 1. The average Bonchev–Trinajstić information content (AvgIpc) is 2.75. The molecule has 4 heteroatoms. The topological polar surface area (TPSA) is 51.1 Å². The molecule has 0 aliphatic heterocycles. The lowest BCUT2D eigenvalue weighted by Crippen LogP contribution is -2.41. The monoisotopic (exact) mass is 286 g/mol. The Morgan fingerprint density at radius 3 is 2.48 bits per heavy atom. The van der Waals surface area contributed by atoms with Gasteiger partial charge in [-0.1, -0.05) is 32.0 Å². The van der Waals surface area contributed by atoms with Crippen molar-refractivity contribution >= 4 is 22.6 Å². The van der Waals surface area contributed by atoms with Crippen molar-refractivity contribution in [3.63, 3.8) is 0 Å². The fourth-order valence-electron chi connectivity index (χ4n) is 2.54. The first-order valence-electron chi connectivity index (χ1n) is 7.26. The normalized spacial score (nSPS) is 12.6. The summed E-state index contributed by atoms with van der Waals surface area (Å²) in [4.78, 5) is 24.1. The lowest BCUT2D eigenvalue weighted by Gasteiger charge is -2.18. The summed E-state index contributed by atoms with van der Waals surface area (Å²) in [6.45, 7) is 5.60. The third-order valence-corrected chi connectivity index (χ3v) is 3.69. The lowest BCUT2D eigenvalue weighted by molar-refractivity contribution is -0.119. The number of benzene rings is 1. The summed E-state index contributed by atoms with van der Waals surface area (Å²) in [5.41, 5.74) is 1.58. The molecule has 0 spiro atoms. The number of aromatic nitrogens is 1. The van der Waals surface area contributed by atoms with Gasteiger partial charge in [0.15, 0.2) is 5.78 Å². The van der Waals surface area contributed by atoms with Crippen LogP contribution in [0.25, 0.3) is 10.9 Å². The molecule has 4 nitrogen and oxygen atoms in total. The Labute approximate surface area is 125 Å². The van der Waals surface area contributed by atoms with Crippen molar-refractivity contribution in [1.82, 2.24) is 9.88 Å². The van der Waals surface area contributed by atoms with E-state index in [-0.39, 0.29) is 11.7 Å². The van der Waals surface area contributed by atoms with Gasteiger partial charge in [0, 0.05) is 18.0 Å². The van der Waals surface area contributed by atoms with E-state index in [4.69, 9.17) is 0 Å². The van der Waals surface area contributed by atoms with Crippen LogP contribution in [0.5, 0.6) is 0 Å². The molecule has 0 aliphatic rings. The molecule has 0 aliphatic carbocycles. The minimum Gasteiger partial charge on any atom is -0.341 e. The minimum atomic E-state index is -0.421. The largest absolute Gasteiger partial charge is 0.341 e. The molecule has 1 amide bonds. The number of nitrogens with zero attached hydrogens (tertiary/aromatic N) is 1. The highest BCUT2D eigenvalue weighted by Crippen LogP contribution is 2.18. The maximum atomic E-state index is 12.4. The average molecular weight is 286 g/mol. The van der Waals surface area contributed by atoms with Gasteiger partial charge in [0.1, 0.15) is 5.69 Å². The number of hydrogen-bond acceptors (Lipinski definition) is 2. The molecule has 2 rings (SSSR count). The van der Waals surface area contributed by atoms with Gasteiger partial charge in [-0.05, 0) is 31.4 Å². The van der Waals surface area contributed by atoms with E-state index in [1.807, 2.05) is 55.8 Å². The Kier molecular flexibility index (Phi) is 4.46. The maximum Gasteiger partial charge on any atom is 0.268 e. The van der Waals surface area contributed by atoms with Crippen LogP contribution < -0.4 is 5.32 Å². The van der Waals surface area contributed by atoms with Crippen molar-refractivity contribution < 1.29 is 9.59 Å². The zero-order valence-electron chi connectivity index (χ0n) is 13.0. The van der Waals surface area contributed by atoms with Crippen molar-refractivity contribution in [3.8, 4) is 0 Å². The van der Waals surface area contributed by atoms with E-state index >= 15 is 0 Å². The fraction of sp³-hybridized carbons (Fsp3) is 0.412. The Morgan fingerprint density at radius 1 is 1.24 bits per heavy atom. The van der Waals surface area contributed by atoms with E-state index in [0.29, 0.717) is 18.0 Å². The quantitative estimate of drug-likeness (QED) is 0.918. The molecule has 0 radical (unpaired) electrons. The van der Waals surface area contributed by atoms with Crippen LogP contribution in [-0.2, 0) is 11.8 Å². The summed E-state index contributed by atoms with van der Waals surface area (Å²) in [6, 6.07) is 9.28. The summed E-state index contributed by atoms with van der Waals surface area (Å²) < 4.78 is 1.86. The first-order valence-corrected chi connectivity index (χ1v) is 7.26. The van der Waals surface area contributed by atoms with E-state index in [9.17, 15) is 9.59 Å². The van der Waals surface area contributed by atoms with Gasteiger partial charge in [0.2, 0.25) is 0 Å². The molecule has 1 aromatic heterocycles. The van der Waals surface area contributed by atoms with Gasteiger partial charge in [-0.3, -0.25) is 9.59 Å². The zero-order valence-corrected chi connectivity index (χ0v) is 13.0. The number of fused-ring (bicyclic) bond motifs is 1. The second-order valence-electron chi connectivity index (χ2n) is 5.91. The minimum absolute atomic E-state index is 0.00388. The molecule has 1 N–H and O–H groups in total. The number of aryl methyl sites for hydroxylation is 1. The molecule has 1 heterocycles. The van der Waals surface area contributed by atoms with Gasteiger partial charge >= 0.3 is 0 Å². The number of rotatable bonds is 5. The van der Waals surface area contributed by atoms with Crippen LogP contribution in [0, 0.1) is 5.92 Å². The molecule has 0 unspecified atom stereocenters.